The molecule has 2 aromatic heterocycles. The van der Waals surface area contributed by atoms with Crippen LogP contribution in [0.4, 0.5) is 0 Å². The molecule has 1 nitrogen and oxygen atoms in total. The lowest BCUT2D eigenvalue weighted by molar-refractivity contribution is 1.27. The first-order valence-corrected chi connectivity index (χ1v) is 6.78. The second kappa shape index (κ2) is 4.75. The second-order valence-electron chi connectivity index (χ2n) is 4.23. The number of hydrogen-bond acceptors (Lipinski definition) is 2. The van der Waals surface area contributed by atoms with Crippen molar-refractivity contribution >= 4 is 11.3 Å². The lowest BCUT2D eigenvalue weighted by atomic mass is 10.1. The summed E-state index contributed by atoms with van der Waals surface area (Å²) >= 11 is 1.77. The Bertz CT molecular complexity index is 642. The number of nitrogens with zero attached hydrogens (tertiary/aromatic N) is 1. The third-order valence-electron chi connectivity index (χ3n) is 2.96. The number of aromatic nitrogens is 1. The Hall–Kier alpha value is -1.93. The van der Waals surface area contributed by atoms with Crippen LogP contribution in [0.2, 0.25) is 0 Å². The maximum absolute atomic E-state index is 4.52. The van der Waals surface area contributed by atoms with Gasteiger partial charge < -0.3 is 0 Å². The van der Waals surface area contributed by atoms with E-state index in [1.165, 1.54) is 16.0 Å². The Morgan fingerprint density at radius 1 is 1.00 bits per heavy atom. The number of rotatable bonds is 2. The highest BCUT2D eigenvalue weighted by Crippen LogP contribution is 2.30. The van der Waals surface area contributed by atoms with E-state index in [4.69, 9.17) is 0 Å². The van der Waals surface area contributed by atoms with Crippen molar-refractivity contribution in [3.05, 3.63) is 65.7 Å². The zero-order valence-corrected chi connectivity index (χ0v) is 10.9. The molecule has 0 aliphatic heterocycles. The fraction of sp³-hybridized carbons (Fsp3) is 0.0625. The summed E-state index contributed by atoms with van der Waals surface area (Å²) in [4.78, 5) is 5.82. The molecule has 0 aliphatic rings. The van der Waals surface area contributed by atoms with E-state index < -0.39 is 0 Å². The van der Waals surface area contributed by atoms with Crippen LogP contribution in [-0.4, -0.2) is 4.98 Å². The molecule has 88 valence electrons. The normalized spacial score (nSPS) is 10.5. The molecule has 0 fully saturated rings. The molecule has 0 saturated carbocycles. The van der Waals surface area contributed by atoms with Crippen molar-refractivity contribution in [3.63, 3.8) is 0 Å². The molecular formula is C16H13NS. The highest BCUT2D eigenvalue weighted by molar-refractivity contribution is 7.13. The van der Waals surface area contributed by atoms with Crippen molar-refractivity contribution in [1.29, 1.82) is 0 Å². The predicted molar refractivity (Wildman–Crippen MR) is 77.7 cm³/mol. The molecule has 1 aromatic carbocycles. The largest absolute Gasteiger partial charge is 0.256 e. The number of aryl methyl sites for hydroxylation is 1. The molecule has 0 spiro atoms. The lowest BCUT2D eigenvalue weighted by Gasteiger charge is -2.06. The van der Waals surface area contributed by atoms with E-state index in [9.17, 15) is 0 Å². The summed E-state index contributed by atoms with van der Waals surface area (Å²) in [5, 5.41) is 2.11. The maximum Gasteiger partial charge on any atom is 0.0708 e. The van der Waals surface area contributed by atoms with Crippen LogP contribution in [0.1, 0.15) is 5.56 Å². The van der Waals surface area contributed by atoms with Crippen molar-refractivity contribution in [2.75, 3.05) is 0 Å². The van der Waals surface area contributed by atoms with E-state index in [1.807, 2.05) is 24.4 Å². The van der Waals surface area contributed by atoms with Crippen molar-refractivity contribution in [2.45, 2.75) is 6.92 Å². The Labute approximate surface area is 111 Å². The highest BCUT2D eigenvalue weighted by atomic mass is 32.1. The Morgan fingerprint density at radius 3 is 2.56 bits per heavy atom. The van der Waals surface area contributed by atoms with Gasteiger partial charge in [-0.1, -0.05) is 36.4 Å². The molecule has 3 aromatic rings. The van der Waals surface area contributed by atoms with E-state index in [-0.39, 0.29) is 0 Å². The summed E-state index contributed by atoms with van der Waals surface area (Å²) in [6.07, 6.45) is 1.96. The minimum absolute atomic E-state index is 1.03. The zero-order chi connectivity index (χ0) is 12.4. The molecular weight excluding hydrogens is 238 g/mol. The maximum atomic E-state index is 4.52. The first-order chi connectivity index (χ1) is 8.84. The molecule has 2 heterocycles. The number of thiophene rings is 1. The molecule has 0 radical (unpaired) electrons. The standard InChI is InChI=1S/C16H13NS/c1-12-11-17-15(13-6-3-2-4-7-13)10-14(12)16-8-5-9-18-16/h2-11H,1H3. The van der Waals surface area contributed by atoms with Crippen LogP contribution in [-0.2, 0) is 0 Å². The fourth-order valence-corrected chi connectivity index (χ4v) is 2.80. The summed E-state index contributed by atoms with van der Waals surface area (Å²) in [6.45, 7) is 2.11. The van der Waals surface area contributed by atoms with Gasteiger partial charge in [-0.2, -0.15) is 0 Å². The SMILES string of the molecule is Cc1cnc(-c2ccccc2)cc1-c1cccs1. The monoisotopic (exact) mass is 251 g/mol. The summed E-state index contributed by atoms with van der Waals surface area (Å²) < 4.78 is 0. The predicted octanol–water partition coefficient (Wildman–Crippen LogP) is 4.79. The van der Waals surface area contributed by atoms with Crippen LogP contribution in [0, 0.1) is 6.92 Å². The first kappa shape index (κ1) is 11.2. The average molecular weight is 251 g/mol. The van der Waals surface area contributed by atoms with Gasteiger partial charge in [-0.25, -0.2) is 0 Å². The summed E-state index contributed by atoms with van der Waals surface area (Å²) in [5.74, 6) is 0. The minimum Gasteiger partial charge on any atom is -0.256 e. The van der Waals surface area contributed by atoms with Crippen LogP contribution in [0.25, 0.3) is 21.7 Å². The van der Waals surface area contributed by atoms with Gasteiger partial charge in [0.05, 0.1) is 5.69 Å². The van der Waals surface area contributed by atoms with Gasteiger partial charge in [0.2, 0.25) is 0 Å². The van der Waals surface area contributed by atoms with E-state index in [0.29, 0.717) is 0 Å². The van der Waals surface area contributed by atoms with Gasteiger partial charge in [-0.15, -0.1) is 11.3 Å². The topological polar surface area (TPSA) is 12.9 Å². The third kappa shape index (κ3) is 2.07. The van der Waals surface area contributed by atoms with Gasteiger partial charge in [0, 0.05) is 16.6 Å². The fourth-order valence-electron chi connectivity index (χ4n) is 1.99. The average Bonchev–Trinajstić information content (AvgIpc) is 2.94. The van der Waals surface area contributed by atoms with E-state index in [0.717, 1.165) is 11.3 Å². The molecule has 0 amide bonds. The molecule has 0 saturated heterocycles. The Morgan fingerprint density at radius 2 is 1.83 bits per heavy atom. The van der Waals surface area contributed by atoms with Gasteiger partial charge in [0.25, 0.3) is 0 Å². The highest BCUT2D eigenvalue weighted by Gasteiger charge is 2.06. The summed E-state index contributed by atoms with van der Waals surface area (Å²) in [6, 6.07) is 16.7. The van der Waals surface area contributed by atoms with Crippen LogP contribution < -0.4 is 0 Å². The van der Waals surface area contributed by atoms with Crippen molar-refractivity contribution in [1.82, 2.24) is 4.98 Å². The molecule has 0 atom stereocenters. The van der Waals surface area contributed by atoms with Crippen LogP contribution in [0.15, 0.2) is 60.1 Å². The van der Waals surface area contributed by atoms with Crippen molar-refractivity contribution < 1.29 is 0 Å². The van der Waals surface area contributed by atoms with E-state index in [1.54, 1.807) is 11.3 Å². The summed E-state index contributed by atoms with van der Waals surface area (Å²) in [7, 11) is 0. The van der Waals surface area contributed by atoms with Crippen molar-refractivity contribution in [3.8, 4) is 21.7 Å². The molecule has 0 N–H and O–H groups in total. The molecule has 2 heteroatoms. The first-order valence-electron chi connectivity index (χ1n) is 5.90. The van der Waals surface area contributed by atoms with Gasteiger partial charge >= 0.3 is 0 Å². The second-order valence-corrected chi connectivity index (χ2v) is 5.18. The summed E-state index contributed by atoms with van der Waals surface area (Å²) in [5.41, 5.74) is 4.69. The van der Waals surface area contributed by atoms with Crippen molar-refractivity contribution in [2.24, 2.45) is 0 Å². The molecule has 3 rings (SSSR count). The van der Waals surface area contributed by atoms with Crippen LogP contribution in [0.5, 0.6) is 0 Å². The van der Waals surface area contributed by atoms with E-state index in [2.05, 4.69) is 47.6 Å². The third-order valence-corrected chi connectivity index (χ3v) is 3.86. The van der Waals surface area contributed by atoms with Gasteiger partial charge in [-0.3, -0.25) is 4.98 Å². The Balaban J connectivity index is 2.12. The molecule has 0 aliphatic carbocycles. The quantitative estimate of drug-likeness (QED) is 0.638. The van der Waals surface area contributed by atoms with Gasteiger partial charge in [0.15, 0.2) is 0 Å². The van der Waals surface area contributed by atoms with Gasteiger partial charge in [-0.05, 0) is 35.6 Å². The van der Waals surface area contributed by atoms with Gasteiger partial charge in [0.1, 0.15) is 0 Å². The molecule has 0 bridgehead atoms. The molecule has 18 heavy (non-hydrogen) atoms. The van der Waals surface area contributed by atoms with E-state index >= 15 is 0 Å². The van der Waals surface area contributed by atoms with Crippen LogP contribution in [0.3, 0.4) is 0 Å². The van der Waals surface area contributed by atoms with Crippen LogP contribution >= 0.6 is 11.3 Å². The Kier molecular flexibility index (Phi) is 2.95. The number of hydrogen-bond donors (Lipinski definition) is 0. The lowest BCUT2D eigenvalue weighted by Crippen LogP contribution is -1.87. The zero-order valence-electron chi connectivity index (χ0n) is 10.1. The minimum atomic E-state index is 1.03. The smallest absolute Gasteiger partial charge is 0.0708 e. The number of pyridine rings is 1. The number of benzene rings is 1. The molecule has 0 unspecified atom stereocenters.